The second-order valence-corrected chi connectivity index (χ2v) is 8.27. The number of benzene rings is 1. The maximum atomic E-state index is 12.6. The minimum atomic E-state index is -0.330. The lowest BCUT2D eigenvalue weighted by atomic mass is 10.0. The van der Waals surface area contributed by atoms with Gasteiger partial charge in [-0.25, -0.2) is 4.79 Å². The molecule has 4 heterocycles. The molecule has 7 nitrogen and oxygen atoms in total. The highest BCUT2D eigenvalue weighted by Crippen LogP contribution is 2.31. The molecule has 0 saturated carbocycles. The van der Waals surface area contributed by atoms with E-state index in [0.717, 1.165) is 65.0 Å². The molecule has 1 fully saturated rings. The predicted octanol–water partition coefficient (Wildman–Crippen LogP) is 4.15. The zero-order valence-electron chi connectivity index (χ0n) is 18.0. The number of esters is 1. The second-order valence-electron chi connectivity index (χ2n) is 8.27. The molecule has 0 amide bonds. The van der Waals surface area contributed by atoms with Crippen LogP contribution in [0.3, 0.4) is 0 Å². The Morgan fingerprint density at radius 3 is 2.97 bits per heavy atom. The van der Waals surface area contributed by atoms with Crippen LogP contribution in [-0.4, -0.2) is 45.8 Å². The van der Waals surface area contributed by atoms with Gasteiger partial charge >= 0.3 is 5.97 Å². The first kappa shape index (κ1) is 20.3. The molecule has 5 rings (SSSR count). The van der Waals surface area contributed by atoms with Crippen LogP contribution in [0.2, 0.25) is 0 Å². The van der Waals surface area contributed by atoms with E-state index in [0.29, 0.717) is 18.1 Å². The molecule has 0 bridgehead atoms. The van der Waals surface area contributed by atoms with E-state index in [9.17, 15) is 4.79 Å². The third kappa shape index (κ3) is 4.24. The maximum Gasteiger partial charge on any atom is 0.339 e. The number of aryl methyl sites for hydroxylation is 1. The highest BCUT2D eigenvalue weighted by Gasteiger charge is 2.17. The summed E-state index contributed by atoms with van der Waals surface area (Å²) >= 11 is 0. The van der Waals surface area contributed by atoms with Gasteiger partial charge in [-0.1, -0.05) is 12.1 Å². The van der Waals surface area contributed by atoms with Crippen molar-refractivity contribution in [2.75, 3.05) is 19.7 Å². The zero-order chi connectivity index (χ0) is 21.9. The molecule has 3 aromatic heterocycles. The smallest absolute Gasteiger partial charge is 0.339 e. The number of piperidine rings is 1. The molecule has 162 valence electrons. The van der Waals surface area contributed by atoms with Gasteiger partial charge in [-0.3, -0.25) is 15.1 Å². The van der Waals surface area contributed by atoms with E-state index in [1.54, 1.807) is 12.4 Å². The fraction of sp³-hybridized carbons (Fsp3) is 0.280. The molecule has 0 aliphatic carbocycles. The number of fused-ring (bicyclic) bond motifs is 1. The van der Waals surface area contributed by atoms with Gasteiger partial charge in [0.15, 0.2) is 0 Å². The topological polar surface area (TPSA) is 92.8 Å². The van der Waals surface area contributed by atoms with Crippen LogP contribution in [0.1, 0.15) is 28.9 Å². The quantitative estimate of drug-likeness (QED) is 0.465. The van der Waals surface area contributed by atoms with E-state index in [1.165, 1.54) is 0 Å². The Balaban J connectivity index is 1.41. The number of hydrogen-bond donors (Lipinski definition) is 2. The molecule has 0 unspecified atom stereocenters. The van der Waals surface area contributed by atoms with Gasteiger partial charge in [0.1, 0.15) is 0 Å². The molecular weight excluding hydrogens is 402 g/mol. The van der Waals surface area contributed by atoms with Gasteiger partial charge < -0.3 is 10.1 Å². The monoisotopic (exact) mass is 427 g/mol. The highest BCUT2D eigenvalue weighted by atomic mass is 16.5. The summed E-state index contributed by atoms with van der Waals surface area (Å²) in [6.45, 7) is 4.34. The Hall–Kier alpha value is -3.58. The van der Waals surface area contributed by atoms with Gasteiger partial charge in [0, 0.05) is 35.3 Å². The molecule has 2 N–H and O–H groups in total. The Morgan fingerprint density at radius 1 is 1.19 bits per heavy atom. The van der Waals surface area contributed by atoms with Crippen LogP contribution < -0.4 is 5.32 Å². The normalized spacial score (nSPS) is 16.2. The van der Waals surface area contributed by atoms with Crippen LogP contribution in [-0.2, 0) is 4.74 Å². The molecule has 1 aliphatic rings. The molecular formula is C25H25N5O2. The number of nitrogens with zero attached hydrogens (tertiary/aromatic N) is 3. The van der Waals surface area contributed by atoms with Crippen molar-refractivity contribution in [1.29, 1.82) is 0 Å². The van der Waals surface area contributed by atoms with Crippen molar-refractivity contribution in [3.05, 3.63) is 66.1 Å². The number of H-pyrrole nitrogens is 1. The Morgan fingerprint density at radius 2 is 2.12 bits per heavy atom. The average Bonchev–Trinajstić information content (AvgIpc) is 3.32. The van der Waals surface area contributed by atoms with Crippen molar-refractivity contribution in [2.45, 2.75) is 19.8 Å². The maximum absolute atomic E-state index is 12.6. The van der Waals surface area contributed by atoms with Crippen molar-refractivity contribution < 1.29 is 9.53 Å². The number of aromatic nitrogens is 4. The van der Waals surface area contributed by atoms with Crippen molar-refractivity contribution in [1.82, 2.24) is 25.5 Å². The number of aromatic amines is 1. The number of rotatable bonds is 5. The lowest BCUT2D eigenvalue weighted by molar-refractivity contribution is 0.0420. The van der Waals surface area contributed by atoms with Crippen LogP contribution in [0, 0.1) is 12.8 Å². The molecule has 0 spiro atoms. The fourth-order valence-corrected chi connectivity index (χ4v) is 4.14. The van der Waals surface area contributed by atoms with Crippen LogP contribution >= 0.6 is 0 Å². The minimum Gasteiger partial charge on any atom is -0.462 e. The van der Waals surface area contributed by atoms with E-state index < -0.39 is 0 Å². The second kappa shape index (κ2) is 8.88. The first-order valence-corrected chi connectivity index (χ1v) is 10.9. The Labute approximate surface area is 186 Å². The van der Waals surface area contributed by atoms with Gasteiger partial charge in [-0.2, -0.15) is 5.10 Å². The molecule has 32 heavy (non-hydrogen) atoms. The van der Waals surface area contributed by atoms with E-state index in [1.807, 2.05) is 49.4 Å². The van der Waals surface area contributed by atoms with Gasteiger partial charge in [0.05, 0.1) is 35.3 Å². The summed E-state index contributed by atoms with van der Waals surface area (Å²) in [6.07, 6.45) is 5.59. The Kier molecular flexibility index (Phi) is 5.64. The predicted molar refractivity (Wildman–Crippen MR) is 123 cm³/mol. The van der Waals surface area contributed by atoms with Gasteiger partial charge in [-0.15, -0.1) is 0 Å². The average molecular weight is 428 g/mol. The summed E-state index contributed by atoms with van der Waals surface area (Å²) in [5, 5.41) is 11.5. The first-order valence-electron chi connectivity index (χ1n) is 10.9. The van der Waals surface area contributed by atoms with Crippen LogP contribution in [0.4, 0.5) is 0 Å². The van der Waals surface area contributed by atoms with E-state index in [2.05, 4.69) is 25.5 Å². The number of pyridine rings is 2. The standard InChI is InChI=1S/C25H25N5O2/c1-16-4-2-6-23(29-16)24-21(14-28-30-24)18-7-8-22-19(10-18)11-20(13-27-22)25(31)32-15-17-5-3-9-26-12-17/h2,4,6-8,10-11,13-14,17,26H,3,5,9,12,15H2,1H3,(H,28,30)/t17-/m1/s1. The molecule has 1 aromatic carbocycles. The summed E-state index contributed by atoms with van der Waals surface area (Å²) in [4.78, 5) is 21.7. The summed E-state index contributed by atoms with van der Waals surface area (Å²) in [7, 11) is 0. The van der Waals surface area contributed by atoms with Crippen molar-refractivity contribution in [3.8, 4) is 22.5 Å². The number of ether oxygens (including phenoxy) is 1. The first-order chi connectivity index (χ1) is 15.7. The van der Waals surface area contributed by atoms with Gasteiger partial charge in [0.25, 0.3) is 0 Å². The number of hydrogen-bond acceptors (Lipinski definition) is 6. The minimum absolute atomic E-state index is 0.330. The lowest BCUT2D eigenvalue weighted by Crippen LogP contribution is -2.32. The molecule has 1 saturated heterocycles. The summed E-state index contributed by atoms with van der Waals surface area (Å²) in [5.74, 6) is 0.0470. The fourth-order valence-electron chi connectivity index (χ4n) is 4.14. The van der Waals surface area contributed by atoms with E-state index >= 15 is 0 Å². The van der Waals surface area contributed by atoms with Crippen LogP contribution in [0.5, 0.6) is 0 Å². The van der Waals surface area contributed by atoms with Crippen LogP contribution in [0.25, 0.3) is 33.4 Å². The van der Waals surface area contributed by atoms with Crippen molar-refractivity contribution >= 4 is 16.9 Å². The van der Waals surface area contributed by atoms with E-state index in [4.69, 9.17) is 4.74 Å². The molecule has 1 atom stereocenters. The lowest BCUT2D eigenvalue weighted by Gasteiger charge is -2.22. The van der Waals surface area contributed by atoms with E-state index in [-0.39, 0.29) is 5.97 Å². The third-order valence-corrected chi connectivity index (χ3v) is 5.86. The van der Waals surface area contributed by atoms with Crippen molar-refractivity contribution in [3.63, 3.8) is 0 Å². The third-order valence-electron chi connectivity index (χ3n) is 5.86. The Bertz CT molecular complexity index is 1260. The SMILES string of the molecule is Cc1cccc(-c2[nH]ncc2-c2ccc3ncc(C(=O)OC[C@@H]4CCCNC4)cc3c2)n1. The molecule has 1 aliphatic heterocycles. The van der Waals surface area contributed by atoms with Gasteiger partial charge in [0.2, 0.25) is 0 Å². The largest absolute Gasteiger partial charge is 0.462 e. The number of carbonyl (C=O) groups excluding carboxylic acids is 1. The summed E-state index contributed by atoms with van der Waals surface area (Å²) < 4.78 is 5.56. The zero-order valence-corrected chi connectivity index (χ0v) is 18.0. The highest BCUT2D eigenvalue weighted by molar-refractivity contribution is 5.95. The summed E-state index contributed by atoms with van der Waals surface area (Å²) in [5.41, 5.74) is 5.85. The molecule has 0 radical (unpaired) electrons. The van der Waals surface area contributed by atoms with Gasteiger partial charge in [-0.05, 0) is 62.2 Å². The number of nitrogens with one attached hydrogen (secondary N) is 2. The number of carbonyl (C=O) groups is 1. The van der Waals surface area contributed by atoms with Crippen LogP contribution in [0.15, 0.2) is 54.9 Å². The van der Waals surface area contributed by atoms with Crippen molar-refractivity contribution in [2.24, 2.45) is 5.92 Å². The summed E-state index contributed by atoms with van der Waals surface area (Å²) in [6, 6.07) is 13.7. The molecule has 4 aromatic rings. The molecule has 7 heteroatoms.